The van der Waals surface area contributed by atoms with Gasteiger partial charge in [0, 0.05) is 66.5 Å². The Kier molecular flexibility index (Phi) is 18.6. The number of H-pyrrole nitrogens is 2. The van der Waals surface area contributed by atoms with Crippen molar-refractivity contribution < 1.29 is 42.9 Å². The van der Waals surface area contributed by atoms with Crippen molar-refractivity contribution in [3.63, 3.8) is 0 Å². The molecule has 4 saturated heterocycles. The summed E-state index contributed by atoms with van der Waals surface area (Å²) in [7, 11) is 2.63. The number of ether oxygens (including phenoxy) is 5. The van der Waals surface area contributed by atoms with E-state index >= 15 is 0 Å². The summed E-state index contributed by atoms with van der Waals surface area (Å²) < 4.78 is 30.4. The third-order valence-corrected chi connectivity index (χ3v) is 17.2. The van der Waals surface area contributed by atoms with Crippen LogP contribution in [0.25, 0.3) is 44.7 Å². The van der Waals surface area contributed by atoms with Crippen molar-refractivity contribution in [1.82, 2.24) is 44.9 Å². The first kappa shape index (κ1) is 57.9. The predicted molar refractivity (Wildman–Crippen MR) is 312 cm³/mol. The van der Waals surface area contributed by atoms with Gasteiger partial charge >= 0.3 is 12.2 Å². The quantitative estimate of drug-likeness (QED) is 0.0909. The molecule has 2 aromatic carbocycles. The Morgan fingerprint density at radius 2 is 1.17 bits per heavy atom. The summed E-state index contributed by atoms with van der Waals surface area (Å²) in [6.07, 6.45) is 10.3. The molecule has 4 N–H and O–H groups in total. The molecule has 23 heteroatoms. The first-order chi connectivity index (χ1) is 35.7. The smallest absolute Gasteiger partial charge is 0.407 e. The number of nitrogens with one attached hydrogen (secondary N) is 4. The fourth-order valence-electron chi connectivity index (χ4n) is 11.8. The van der Waals surface area contributed by atoms with Crippen molar-refractivity contribution in [3.05, 3.63) is 88.4 Å². The SMILES string of the molecule is COC(=O)N[C@H](C(=O)N1CCC[C@H]1c1ncc(-c2ccc3c(c2)OC(c2ccc(C4CC4)s2)n2c-3cc3cc(-c4cnc([C@@H]5CCCN5C(=O)[C@@H](NC(=O)OC)C5CCOCC5)[nH]4)ccc32)[nH]1)C1CCOCC1.S.S.S.S. The highest BCUT2D eigenvalue weighted by atomic mass is 32.1. The van der Waals surface area contributed by atoms with Gasteiger partial charge in [-0.25, -0.2) is 19.6 Å². The summed E-state index contributed by atoms with van der Waals surface area (Å²) in [6.45, 7) is 3.33. The van der Waals surface area contributed by atoms with E-state index in [4.69, 9.17) is 33.7 Å². The van der Waals surface area contributed by atoms with Gasteiger partial charge in [-0.2, -0.15) is 54.0 Å². The highest BCUT2D eigenvalue weighted by molar-refractivity contribution is 7.59. The van der Waals surface area contributed by atoms with E-state index in [-0.39, 0.29) is 89.7 Å². The molecule has 9 heterocycles. The van der Waals surface area contributed by atoms with E-state index in [2.05, 4.69) is 79.8 Å². The molecule has 0 radical (unpaired) electrons. The number of nitrogens with zero attached hydrogens (tertiary/aromatic N) is 5. The number of likely N-dealkylation sites (tertiary alicyclic amines) is 2. The van der Waals surface area contributed by atoms with E-state index < -0.39 is 30.5 Å². The van der Waals surface area contributed by atoms with Gasteiger partial charge in [0.2, 0.25) is 18.0 Å². The number of benzene rings is 2. The molecule has 6 aromatic rings. The van der Waals surface area contributed by atoms with Gasteiger partial charge in [0.1, 0.15) is 29.5 Å². The topological polar surface area (TPSA) is 207 Å². The van der Waals surface area contributed by atoms with E-state index in [1.807, 2.05) is 33.5 Å². The third kappa shape index (κ3) is 11.5. The summed E-state index contributed by atoms with van der Waals surface area (Å²) in [5.74, 6) is 2.44. The van der Waals surface area contributed by atoms with Crippen molar-refractivity contribution in [3.8, 4) is 39.5 Å². The number of amides is 4. The van der Waals surface area contributed by atoms with E-state index in [0.717, 1.165) is 81.0 Å². The highest BCUT2D eigenvalue weighted by Gasteiger charge is 2.42. The Morgan fingerprint density at radius 1 is 0.649 bits per heavy atom. The number of imidazole rings is 2. The van der Waals surface area contributed by atoms with Crippen molar-refractivity contribution in [2.45, 2.75) is 101 Å². The summed E-state index contributed by atoms with van der Waals surface area (Å²) in [5, 5.41) is 6.74. The van der Waals surface area contributed by atoms with Crippen LogP contribution in [-0.2, 0) is 28.5 Å². The van der Waals surface area contributed by atoms with Crippen molar-refractivity contribution in [2.75, 3.05) is 53.7 Å². The number of aromatic nitrogens is 5. The molecule has 1 unspecified atom stereocenters. The fourth-order valence-corrected chi connectivity index (χ4v) is 13.0. The Hall–Kier alpha value is -5.30. The zero-order valence-corrected chi connectivity index (χ0v) is 47.9. The van der Waals surface area contributed by atoms with Gasteiger partial charge in [0.15, 0.2) is 0 Å². The van der Waals surface area contributed by atoms with Crippen LogP contribution >= 0.6 is 65.3 Å². The highest BCUT2D eigenvalue weighted by Crippen LogP contribution is 2.50. The molecule has 1 aliphatic carbocycles. The van der Waals surface area contributed by atoms with Gasteiger partial charge < -0.3 is 54.1 Å². The van der Waals surface area contributed by atoms with Gasteiger partial charge in [-0.05, 0) is 124 Å². The number of methoxy groups -OCH3 is 2. The maximum Gasteiger partial charge on any atom is 0.407 e. The lowest BCUT2D eigenvalue weighted by Gasteiger charge is -2.34. The van der Waals surface area contributed by atoms with E-state index in [9.17, 15) is 19.2 Å². The van der Waals surface area contributed by atoms with Crippen LogP contribution in [0.15, 0.2) is 67.0 Å². The van der Waals surface area contributed by atoms with Crippen LogP contribution in [0.3, 0.4) is 0 Å². The van der Waals surface area contributed by atoms with Gasteiger partial charge in [-0.15, -0.1) is 11.3 Å². The number of fused-ring (bicyclic) bond motifs is 5. The van der Waals surface area contributed by atoms with Crippen LogP contribution in [0.4, 0.5) is 9.59 Å². The van der Waals surface area contributed by atoms with Crippen molar-refractivity contribution >= 4 is 100 Å². The lowest BCUT2D eigenvalue weighted by Crippen LogP contribution is -2.53. The van der Waals surface area contributed by atoms with Gasteiger partial charge in [-0.1, -0.05) is 12.1 Å². The monoisotopic (exact) mass is 1150 g/mol. The Morgan fingerprint density at radius 3 is 1.70 bits per heavy atom. The number of alkyl carbamates (subject to hydrolysis) is 2. The van der Waals surface area contributed by atoms with Crippen LogP contribution in [0.1, 0.15) is 110 Å². The predicted octanol–water partition coefficient (Wildman–Crippen LogP) is 9.05. The second kappa shape index (κ2) is 24.8. The molecule has 4 amide bonds. The minimum Gasteiger partial charge on any atom is -0.464 e. The second-order valence-corrected chi connectivity index (χ2v) is 21.4. The largest absolute Gasteiger partial charge is 0.464 e. The lowest BCUT2D eigenvalue weighted by atomic mass is 9.90. The summed E-state index contributed by atoms with van der Waals surface area (Å²) in [4.78, 5) is 76.5. The summed E-state index contributed by atoms with van der Waals surface area (Å²) in [6, 6.07) is 17.5. The van der Waals surface area contributed by atoms with E-state index in [1.165, 1.54) is 31.9 Å². The van der Waals surface area contributed by atoms with E-state index in [0.29, 0.717) is 82.8 Å². The Balaban J connectivity index is 0.00000196. The maximum absolute atomic E-state index is 14.3. The lowest BCUT2D eigenvalue weighted by molar-refractivity contribution is -0.137. The first-order valence-corrected chi connectivity index (χ1v) is 26.7. The maximum atomic E-state index is 14.3. The van der Waals surface area contributed by atoms with Gasteiger partial charge in [-0.3, -0.25) is 14.2 Å². The van der Waals surface area contributed by atoms with Crippen LogP contribution < -0.4 is 15.4 Å². The zero-order valence-electron chi connectivity index (χ0n) is 43.1. The molecule has 5 atom stereocenters. The molecule has 6 aliphatic rings. The Bertz CT molecular complexity index is 3050. The van der Waals surface area contributed by atoms with Crippen molar-refractivity contribution in [1.29, 1.82) is 0 Å². The average Bonchev–Trinajstić information content (AvgIpc) is 4.18. The molecule has 18 nitrogen and oxygen atoms in total. The molecular formula is C54H69N9O9S5. The molecule has 77 heavy (non-hydrogen) atoms. The molecule has 0 spiro atoms. The first-order valence-electron chi connectivity index (χ1n) is 25.8. The van der Waals surface area contributed by atoms with Crippen LogP contribution in [0, 0.1) is 11.8 Å². The number of carbonyl (C=O) groups is 4. The van der Waals surface area contributed by atoms with Crippen LogP contribution in [-0.4, -0.2) is 124 Å². The molecule has 414 valence electrons. The van der Waals surface area contributed by atoms with Gasteiger partial charge in [0.25, 0.3) is 0 Å². The molecule has 4 aromatic heterocycles. The van der Waals surface area contributed by atoms with Crippen molar-refractivity contribution in [2.24, 2.45) is 11.8 Å². The zero-order chi connectivity index (χ0) is 49.7. The second-order valence-electron chi connectivity index (χ2n) is 20.2. The summed E-state index contributed by atoms with van der Waals surface area (Å²) >= 11 is 1.82. The average molecular weight is 1150 g/mol. The third-order valence-electron chi connectivity index (χ3n) is 15.9. The number of hydrogen-bond donors (Lipinski definition) is 4. The minimum atomic E-state index is -0.714. The minimum absolute atomic E-state index is 0. The standard InChI is InChI=1S/C54H61N9O9S.4H2S/c1-68-53(66)59-46(31-15-21-70-22-16-31)50(64)61-19-3-5-40(61)48-55-28-37(57-48)33-10-12-39-35(25-33)26-42-36-11-9-34(27-43(36)72-52(63(39)42)45-14-13-44(73-45)30-7-8-30)38-29-56-49(58-38)41-6-4-20-62(41)51(65)47(60-54(67)69-2)32-17-23-71-24-18-32;;;;/h9-14,25-32,40-41,46-47,52H,3-8,15-24H2,1-2H3,(H,55,57)(H,56,58)(H,59,66)(H,60,67);4*1H2/t40-,41-,46-,47-,52?;;;;/m0..../s1. The fraction of sp³-hybridized carbons (Fsp3) is 0.481. The van der Waals surface area contributed by atoms with Gasteiger partial charge in [0.05, 0.1) is 66.2 Å². The molecule has 1 saturated carbocycles. The summed E-state index contributed by atoms with van der Waals surface area (Å²) in [5.41, 5.74) is 6.59. The normalized spacial score (nSPS) is 20.9. The molecular weight excluding hydrogens is 1080 g/mol. The Labute approximate surface area is 479 Å². The molecule has 0 bridgehead atoms. The number of carbonyl (C=O) groups excluding carboxylic acids is 4. The number of aromatic amines is 2. The van der Waals surface area contributed by atoms with Crippen LogP contribution in [0.5, 0.6) is 5.75 Å². The number of hydrogen-bond acceptors (Lipinski definition) is 12. The molecule has 12 rings (SSSR count). The number of thiophene rings is 1. The van der Waals surface area contributed by atoms with Crippen LogP contribution in [0.2, 0.25) is 0 Å². The molecule has 5 aliphatic heterocycles. The van der Waals surface area contributed by atoms with E-state index in [1.54, 1.807) is 0 Å². The molecule has 5 fully saturated rings. The number of rotatable bonds is 12.